The third-order valence-corrected chi connectivity index (χ3v) is 7.65. The number of anilines is 2. The summed E-state index contributed by atoms with van der Waals surface area (Å²) in [5.41, 5.74) is 0.633. The molecule has 1 saturated heterocycles. The summed E-state index contributed by atoms with van der Waals surface area (Å²) >= 11 is 0. The number of carbonyl (C=O) groups excluding carboxylic acids is 1. The monoisotopic (exact) mass is 499 g/mol. The predicted octanol–water partition coefficient (Wildman–Crippen LogP) is 2.62. The Kier molecular flexibility index (Phi) is 7.27. The van der Waals surface area contributed by atoms with Crippen molar-refractivity contribution in [3.05, 3.63) is 76.8 Å². The molecule has 1 aliphatic heterocycles. The zero-order valence-corrected chi connectivity index (χ0v) is 20.0. The standard InChI is InChI=1S/C24H26FN5O4S/c1-2-23(31)26-19-6-10-21(11-7-19)35(33,34)29-15-3-14-28(16-17-29)22-12-13-24(32)30(27-22)20-8-4-18(25)5-9-20/h4-13H,2-3,14-17H2,1H3,(H,26,31). The molecule has 4 rings (SSSR count). The number of nitrogens with one attached hydrogen (secondary N) is 1. The first-order valence-electron chi connectivity index (χ1n) is 11.3. The minimum atomic E-state index is -3.72. The molecule has 0 bridgehead atoms. The van der Waals surface area contributed by atoms with Gasteiger partial charge in [0.1, 0.15) is 11.6 Å². The summed E-state index contributed by atoms with van der Waals surface area (Å²) in [5, 5.41) is 7.13. The van der Waals surface area contributed by atoms with E-state index in [4.69, 9.17) is 0 Å². The molecule has 2 aromatic carbocycles. The van der Waals surface area contributed by atoms with Crippen LogP contribution in [0.2, 0.25) is 0 Å². The topological polar surface area (TPSA) is 105 Å². The summed E-state index contributed by atoms with van der Waals surface area (Å²) in [7, 11) is -3.72. The molecule has 1 N–H and O–H groups in total. The Labute approximate surface area is 202 Å². The first kappa shape index (κ1) is 24.6. The molecule has 2 heterocycles. The molecule has 1 amide bonds. The fraction of sp³-hybridized carbons (Fsp3) is 0.292. The Morgan fingerprint density at radius 1 is 0.971 bits per heavy atom. The van der Waals surface area contributed by atoms with Gasteiger partial charge in [-0.25, -0.2) is 12.8 Å². The van der Waals surface area contributed by atoms with Gasteiger partial charge in [0, 0.05) is 44.4 Å². The van der Waals surface area contributed by atoms with Crippen molar-refractivity contribution in [2.45, 2.75) is 24.7 Å². The van der Waals surface area contributed by atoms with Crippen LogP contribution < -0.4 is 15.8 Å². The maximum Gasteiger partial charge on any atom is 0.271 e. The van der Waals surface area contributed by atoms with Gasteiger partial charge in [0.2, 0.25) is 15.9 Å². The van der Waals surface area contributed by atoms with Crippen LogP contribution in [0.15, 0.2) is 70.4 Å². The van der Waals surface area contributed by atoms with E-state index in [-0.39, 0.29) is 22.9 Å². The van der Waals surface area contributed by atoms with Gasteiger partial charge in [0.25, 0.3) is 5.56 Å². The van der Waals surface area contributed by atoms with Crippen LogP contribution in [0.1, 0.15) is 19.8 Å². The molecule has 9 nitrogen and oxygen atoms in total. The van der Waals surface area contributed by atoms with Crippen LogP contribution in [0.25, 0.3) is 5.69 Å². The van der Waals surface area contributed by atoms with Crippen molar-refractivity contribution in [3.8, 4) is 5.69 Å². The summed E-state index contributed by atoms with van der Waals surface area (Å²) in [6.07, 6.45) is 0.905. The zero-order valence-electron chi connectivity index (χ0n) is 19.2. The highest BCUT2D eigenvalue weighted by Gasteiger charge is 2.27. The largest absolute Gasteiger partial charge is 0.354 e. The number of sulfonamides is 1. The Morgan fingerprint density at radius 3 is 2.37 bits per heavy atom. The minimum Gasteiger partial charge on any atom is -0.354 e. The molecule has 3 aromatic rings. The van der Waals surface area contributed by atoms with Gasteiger partial charge in [-0.15, -0.1) is 5.10 Å². The maximum atomic E-state index is 13.3. The summed E-state index contributed by atoms with van der Waals surface area (Å²) in [6, 6.07) is 14.6. The van der Waals surface area contributed by atoms with Crippen LogP contribution in [0.4, 0.5) is 15.9 Å². The molecule has 0 aliphatic carbocycles. The second kappa shape index (κ2) is 10.4. The van der Waals surface area contributed by atoms with E-state index in [1.54, 1.807) is 25.1 Å². The lowest BCUT2D eigenvalue weighted by Crippen LogP contribution is -2.36. The van der Waals surface area contributed by atoms with E-state index in [0.29, 0.717) is 49.7 Å². The number of nitrogens with zero attached hydrogens (tertiary/aromatic N) is 4. The first-order chi connectivity index (χ1) is 16.8. The van der Waals surface area contributed by atoms with Gasteiger partial charge in [0.05, 0.1) is 10.6 Å². The van der Waals surface area contributed by atoms with Crippen LogP contribution >= 0.6 is 0 Å². The van der Waals surface area contributed by atoms with Crippen LogP contribution in [-0.4, -0.2) is 54.6 Å². The highest BCUT2D eigenvalue weighted by molar-refractivity contribution is 7.89. The van der Waals surface area contributed by atoms with Crippen molar-refractivity contribution in [1.29, 1.82) is 0 Å². The lowest BCUT2D eigenvalue weighted by Gasteiger charge is -2.23. The van der Waals surface area contributed by atoms with Gasteiger partial charge >= 0.3 is 0 Å². The van der Waals surface area contributed by atoms with Crippen LogP contribution in [-0.2, 0) is 14.8 Å². The van der Waals surface area contributed by atoms with Crippen LogP contribution in [0, 0.1) is 5.82 Å². The fourth-order valence-corrected chi connectivity index (χ4v) is 5.28. The third kappa shape index (κ3) is 5.57. The van der Waals surface area contributed by atoms with Crippen LogP contribution in [0.5, 0.6) is 0 Å². The maximum absolute atomic E-state index is 13.3. The number of hydrogen-bond acceptors (Lipinski definition) is 6. The molecular weight excluding hydrogens is 473 g/mol. The van der Waals surface area contributed by atoms with Gasteiger partial charge in [-0.3, -0.25) is 9.59 Å². The van der Waals surface area contributed by atoms with E-state index >= 15 is 0 Å². The molecule has 0 radical (unpaired) electrons. The number of rotatable bonds is 6. The van der Waals surface area contributed by atoms with E-state index in [0.717, 1.165) is 0 Å². The Hall–Kier alpha value is -3.57. The second-order valence-electron chi connectivity index (χ2n) is 8.09. The molecule has 184 valence electrons. The van der Waals surface area contributed by atoms with E-state index in [1.807, 2.05) is 4.90 Å². The zero-order chi connectivity index (χ0) is 25.0. The van der Waals surface area contributed by atoms with Crippen molar-refractivity contribution < 1.29 is 17.6 Å². The van der Waals surface area contributed by atoms with Gasteiger partial charge < -0.3 is 10.2 Å². The van der Waals surface area contributed by atoms with Crippen molar-refractivity contribution in [2.75, 3.05) is 36.4 Å². The van der Waals surface area contributed by atoms with E-state index in [1.165, 1.54) is 51.5 Å². The number of halogens is 1. The molecule has 1 aromatic heterocycles. The lowest BCUT2D eigenvalue weighted by molar-refractivity contribution is -0.115. The summed E-state index contributed by atoms with van der Waals surface area (Å²) in [5.74, 6) is -0.0242. The number of amides is 1. The first-order valence-corrected chi connectivity index (χ1v) is 12.7. The fourth-order valence-electron chi connectivity index (χ4n) is 3.81. The van der Waals surface area contributed by atoms with Gasteiger partial charge in [-0.2, -0.15) is 8.99 Å². The van der Waals surface area contributed by atoms with Crippen molar-refractivity contribution in [2.24, 2.45) is 0 Å². The summed E-state index contributed by atoms with van der Waals surface area (Å²) in [6.45, 7) is 3.27. The minimum absolute atomic E-state index is 0.146. The Morgan fingerprint density at radius 2 is 1.69 bits per heavy atom. The molecule has 0 unspecified atom stereocenters. The van der Waals surface area contributed by atoms with Crippen molar-refractivity contribution in [1.82, 2.24) is 14.1 Å². The number of benzene rings is 2. The Balaban J connectivity index is 1.49. The van der Waals surface area contributed by atoms with E-state index < -0.39 is 15.8 Å². The van der Waals surface area contributed by atoms with E-state index in [2.05, 4.69) is 10.4 Å². The highest BCUT2D eigenvalue weighted by atomic mass is 32.2. The molecular formula is C24H26FN5O4S. The third-order valence-electron chi connectivity index (χ3n) is 5.73. The normalized spacial score (nSPS) is 15.0. The predicted molar refractivity (Wildman–Crippen MR) is 131 cm³/mol. The smallest absolute Gasteiger partial charge is 0.271 e. The van der Waals surface area contributed by atoms with Gasteiger partial charge in [0.15, 0.2) is 0 Å². The molecule has 0 saturated carbocycles. The van der Waals surface area contributed by atoms with E-state index in [9.17, 15) is 22.4 Å². The highest BCUT2D eigenvalue weighted by Crippen LogP contribution is 2.21. The van der Waals surface area contributed by atoms with Crippen molar-refractivity contribution in [3.63, 3.8) is 0 Å². The molecule has 0 spiro atoms. The molecule has 35 heavy (non-hydrogen) atoms. The van der Waals surface area contributed by atoms with Gasteiger partial charge in [-0.1, -0.05) is 6.92 Å². The number of carbonyl (C=O) groups is 1. The molecule has 11 heteroatoms. The molecule has 1 fully saturated rings. The average Bonchev–Trinajstić information content (AvgIpc) is 3.12. The molecule has 0 atom stereocenters. The average molecular weight is 500 g/mol. The Bertz CT molecular complexity index is 1360. The lowest BCUT2D eigenvalue weighted by atomic mass is 10.3. The number of hydrogen-bond donors (Lipinski definition) is 1. The number of aromatic nitrogens is 2. The summed E-state index contributed by atoms with van der Waals surface area (Å²) < 4.78 is 42.3. The van der Waals surface area contributed by atoms with Gasteiger partial charge in [-0.05, 0) is 61.0 Å². The SMILES string of the molecule is CCC(=O)Nc1ccc(S(=O)(=O)N2CCCN(c3ccc(=O)n(-c4ccc(F)cc4)n3)CC2)cc1. The van der Waals surface area contributed by atoms with Crippen LogP contribution in [0.3, 0.4) is 0 Å². The van der Waals surface area contributed by atoms with Crippen molar-refractivity contribution >= 4 is 27.4 Å². The second-order valence-corrected chi connectivity index (χ2v) is 10.0. The molecule has 1 aliphatic rings. The summed E-state index contributed by atoms with van der Waals surface area (Å²) in [4.78, 5) is 26.0. The quantitative estimate of drug-likeness (QED) is 0.559.